The van der Waals surface area contributed by atoms with Crippen molar-refractivity contribution in [3.8, 4) is 0 Å². The van der Waals surface area contributed by atoms with Gasteiger partial charge in [0.05, 0.1) is 0 Å². The number of nitrogens with two attached hydrogens (primary N) is 1. The molecule has 1 heterocycles. The molecule has 0 aliphatic heterocycles. The van der Waals surface area contributed by atoms with E-state index in [1.54, 1.807) is 24.3 Å². The third-order valence-corrected chi connectivity index (χ3v) is 2.39. The van der Waals surface area contributed by atoms with E-state index in [0.717, 1.165) is 0 Å². The molecule has 0 spiro atoms. The molecule has 84 valence electrons. The van der Waals surface area contributed by atoms with Crippen LogP contribution in [0, 0.1) is 0 Å². The van der Waals surface area contributed by atoms with Crippen molar-refractivity contribution in [3.63, 3.8) is 0 Å². The molecule has 2 nitrogen and oxygen atoms in total. The number of aromatic nitrogens is 1. The van der Waals surface area contributed by atoms with Crippen LogP contribution in [0.3, 0.4) is 0 Å². The van der Waals surface area contributed by atoms with E-state index in [-0.39, 0.29) is 5.56 Å². The van der Waals surface area contributed by atoms with Gasteiger partial charge < -0.3 is 5.73 Å². The lowest BCUT2D eigenvalue weighted by Crippen LogP contribution is -2.28. The van der Waals surface area contributed by atoms with Gasteiger partial charge in [-0.25, -0.2) is 0 Å². The first kappa shape index (κ1) is 10.9. The molecule has 1 aromatic heterocycles. The summed E-state index contributed by atoms with van der Waals surface area (Å²) in [4.78, 5) is 3.77. The maximum absolute atomic E-state index is 12.5. The molecule has 2 rings (SSSR count). The molecule has 16 heavy (non-hydrogen) atoms. The van der Waals surface area contributed by atoms with Crippen LogP contribution < -0.4 is 5.73 Å². The number of alkyl halides is 3. The van der Waals surface area contributed by atoms with Gasteiger partial charge >= 0.3 is 6.18 Å². The van der Waals surface area contributed by atoms with Crippen LogP contribution in [0.15, 0.2) is 36.7 Å². The van der Waals surface area contributed by atoms with Crippen LogP contribution in [0.2, 0.25) is 0 Å². The van der Waals surface area contributed by atoms with Gasteiger partial charge in [-0.15, -0.1) is 0 Å². The van der Waals surface area contributed by atoms with E-state index in [1.807, 2.05) is 0 Å². The van der Waals surface area contributed by atoms with Crippen molar-refractivity contribution in [2.45, 2.75) is 12.2 Å². The van der Waals surface area contributed by atoms with Gasteiger partial charge in [-0.2, -0.15) is 13.2 Å². The Kier molecular flexibility index (Phi) is 2.55. The van der Waals surface area contributed by atoms with Crippen molar-refractivity contribution in [3.05, 3.63) is 42.2 Å². The molecular formula is C11H9F3N2. The standard InChI is InChI=1S/C11H9F3N2/c12-11(13,14)10(15)9-6-16-5-7-3-1-2-4-8(7)9/h1-6,10H,15H2. The summed E-state index contributed by atoms with van der Waals surface area (Å²) in [5.41, 5.74) is 5.18. The lowest BCUT2D eigenvalue weighted by Gasteiger charge is -2.17. The van der Waals surface area contributed by atoms with Gasteiger partial charge in [0.2, 0.25) is 0 Å². The average Bonchev–Trinajstić information content (AvgIpc) is 2.26. The summed E-state index contributed by atoms with van der Waals surface area (Å²) in [7, 11) is 0. The van der Waals surface area contributed by atoms with E-state index in [9.17, 15) is 13.2 Å². The molecule has 5 heteroatoms. The molecule has 0 aliphatic rings. The maximum Gasteiger partial charge on any atom is 0.407 e. The average molecular weight is 226 g/mol. The minimum Gasteiger partial charge on any atom is -0.316 e. The fourth-order valence-corrected chi connectivity index (χ4v) is 1.56. The quantitative estimate of drug-likeness (QED) is 0.812. The third-order valence-electron chi connectivity index (χ3n) is 2.39. The second-order valence-corrected chi connectivity index (χ2v) is 3.47. The van der Waals surface area contributed by atoms with Crippen LogP contribution in [0.5, 0.6) is 0 Å². The van der Waals surface area contributed by atoms with Gasteiger partial charge in [0.15, 0.2) is 0 Å². The van der Waals surface area contributed by atoms with Gasteiger partial charge in [-0.1, -0.05) is 24.3 Å². The Morgan fingerprint density at radius 1 is 1.12 bits per heavy atom. The Morgan fingerprint density at radius 2 is 1.81 bits per heavy atom. The molecule has 1 aromatic carbocycles. The molecule has 0 saturated carbocycles. The first-order chi connectivity index (χ1) is 7.50. The summed E-state index contributed by atoms with van der Waals surface area (Å²) < 4.78 is 37.5. The number of hydrogen-bond acceptors (Lipinski definition) is 2. The predicted molar refractivity (Wildman–Crippen MR) is 54.7 cm³/mol. The fraction of sp³-hybridized carbons (Fsp3) is 0.182. The minimum absolute atomic E-state index is 0.00519. The molecule has 0 aliphatic carbocycles. The lowest BCUT2D eigenvalue weighted by atomic mass is 10.0. The summed E-state index contributed by atoms with van der Waals surface area (Å²) >= 11 is 0. The Bertz CT molecular complexity index is 503. The van der Waals surface area contributed by atoms with Gasteiger partial charge in [0.25, 0.3) is 0 Å². The highest BCUT2D eigenvalue weighted by Gasteiger charge is 2.38. The summed E-state index contributed by atoms with van der Waals surface area (Å²) in [5.74, 6) is 0. The Labute approximate surface area is 89.9 Å². The largest absolute Gasteiger partial charge is 0.407 e. The molecule has 1 unspecified atom stereocenters. The molecular weight excluding hydrogens is 217 g/mol. The van der Waals surface area contributed by atoms with E-state index >= 15 is 0 Å². The molecule has 0 bridgehead atoms. The van der Waals surface area contributed by atoms with Gasteiger partial charge in [0.1, 0.15) is 6.04 Å². The van der Waals surface area contributed by atoms with E-state index in [0.29, 0.717) is 10.8 Å². The molecule has 2 aromatic rings. The van der Waals surface area contributed by atoms with Crippen LogP contribution in [0.4, 0.5) is 13.2 Å². The van der Waals surface area contributed by atoms with E-state index in [4.69, 9.17) is 5.73 Å². The second kappa shape index (κ2) is 3.75. The molecule has 0 amide bonds. The summed E-state index contributed by atoms with van der Waals surface area (Å²) in [6, 6.07) is 4.74. The first-order valence-electron chi connectivity index (χ1n) is 4.65. The smallest absolute Gasteiger partial charge is 0.316 e. The third kappa shape index (κ3) is 1.86. The van der Waals surface area contributed by atoms with Crippen molar-refractivity contribution < 1.29 is 13.2 Å². The number of hydrogen-bond donors (Lipinski definition) is 1. The van der Waals surface area contributed by atoms with Gasteiger partial charge in [-0.05, 0) is 5.39 Å². The van der Waals surface area contributed by atoms with E-state index in [2.05, 4.69) is 4.98 Å². The first-order valence-corrected chi connectivity index (χ1v) is 4.65. The molecule has 0 radical (unpaired) electrons. The summed E-state index contributed by atoms with van der Waals surface area (Å²) in [5, 5.41) is 1.14. The van der Waals surface area contributed by atoms with E-state index < -0.39 is 12.2 Å². The molecule has 2 N–H and O–H groups in total. The maximum atomic E-state index is 12.5. The summed E-state index contributed by atoms with van der Waals surface area (Å²) in [6.07, 6.45) is -1.77. The van der Waals surface area contributed by atoms with Crippen molar-refractivity contribution >= 4 is 10.8 Å². The highest BCUT2D eigenvalue weighted by Crippen LogP contribution is 2.33. The van der Waals surface area contributed by atoms with Crippen molar-refractivity contribution in [1.82, 2.24) is 4.98 Å². The van der Waals surface area contributed by atoms with Crippen LogP contribution in [-0.2, 0) is 0 Å². The van der Waals surface area contributed by atoms with Gasteiger partial charge in [0, 0.05) is 23.3 Å². The zero-order valence-corrected chi connectivity index (χ0v) is 8.20. The Balaban J connectivity index is 2.61. The topological polar surface area (TPSA) is 38.9 Å². The minimum atomic E-state index is -4.45. The zero-order valence-electron chi connectivity index (χ0n) is 8.20. The Hall–Kier alpha value is -1.62. The lowest BCUT2D eigenvalue weighted by molar-refractivity contribution is -0.148. The number of rotatable bonds is 1. The SMILES string of the molecule is NC(c1cncc2ccccc12)C(F)(F)F. The number of pyridine rings is 1. The van der Waals surface area contributed by atoms with Crippen molar-refractivity contribution in [2.75, 3.05) is 0 Å². The van der Waals surface area contributed by atoms with Crippen LogP contribution in [0.1, 0.15) is 11.6 Å². The van der Waals surface area contributed by atoms with Crippen LogP contribution in [-0.4, -0.2) is 11.2 Å². The molecule has 0 saturated heterocycles. The number of halogens is 3. The zero-order chi connectivity index (χ0) is 11.8. The highest BCUT2D eigenvalue weighted by molar-refractivity contribution is 5.85. The van der Waals surface area contributed by atoms with Crippen molar-refractivity contribution in [2.24, 2.45) is 5.73 Å². The highest BCUT2D eigenvalue weighted by atomic mass is 19.4. The summed E-state index contributed by atoms with van der Waals surface area (Å²) in [6.45, 7) is 0. The number of benzene rings is 1. The van der Waals surface area contributed by atoms with Crippen LogP contribution in [0.25, 0.3) is 10.8 Å². The number of fused-ring (bicyclic) bond motifs is 1. The molecule has 0 fully saturated rings. The predicted octanol–water partition coefficient (Wildman–Crippen LogP) is 2.80. The number of nitrogens with zero attached hydrogens (tertiary/aromatic N) is 1. The fourth-order valence-electron chi connectivity index (χ4n) is 1.56. The Morgan fingerprint density at radius 3 is 2.50 bits per heavy atom. The monoisotopic (exact) mass is 226 g/mol. The van der Waals surface area contributed by atoms with Gasteiger partial charge in [-0.3, -0.25) is 4.98 Å². The normalized spacial score (nSPS) is 14.0. The van der Waals surface area contributed by atoms with E-state index in [1.165, 1.54) is 12.4 Å². The van der Waals surface area contributed by atoms with Crippen molar-refractivity contribution in [1.29, 1.82) is 0 Å². The van der Waals surface area contributed by atoms with Crippen LogP contribution >= 0.6 is 0 Å². The second-order valence-electron chi connectivity index (χ2n) is 3.47. The molecule has 1 atom stereocenters.